The molecule has 25 heavy (non-hydrogen) atoms. The second-order valence-corrected chi connectivity index (χ2v) is 5.69. The number of benzene rings is 2. The molecule has 126 valence electrons. The van der Waals surface area contributed by atoms with Crippen LogP contribution < -0.4 is 16.6 Å². The number of amides is 1. The summed E-state index contributed by atoms with van der Waals surface area (Å²) in [5.41, 5.74) is 1.57. The van der Waals surface area contributed by atoms with Gasteiger partial charge in [0.2, 0.25) is 0 Å². The van der Waals surface area contributed by atoms with E-state index in [0.717, 1.165) is 21.9 Å². The van der Waals surface area contributed by atoms with Gasteiger partial charge in [-0.05, 0) is 43.2 Å². The number of aryl methyl sites for hydroxylation is 1. The Balaban J connectivity index is 2.04. The summed E-state index contributed by atoms with van der Waals surface area (Å²) in [6, 6.07) is 14.0. The highest BCUT2D eigenvalue weighted by Crippen LogP contribution is 2.18. The Labute approximate surface area is 143 Å². The molecule has 0 saturated heterocycles. The van der Waals surface area contributed by atoms with Gasteiger partial charge in [0.15, 0.2) is 0 Å². The van der Waals surface area contributed by atoms with Gasteiger partial charge < -0.3 is 10.3 Å². The molecule has 0 saturated carbocycles. The van der Waals surface area contributed by atoms with Crippen LogP contribution in [-0.4, -0.2) is 15.5 Å². The molecule has 0 bridgehead atoms. The number of rotatable bonds is 3. The standard InChI is InChI=1S/C19H17N3O3/c1-12-7-6-10-16(13(12)2)21-17(23)15-11-20-19(25)22(18(15)24)14-8-4-3-5-9-14/h3-11H,1-2H3,(H,20,25)(H,21,23). The summed E-state index contributed by atoms with van der Waals surface area (Å²) in [6.45, 7) is 3.83. The number of aromatic amines is 1. The van der Waals surface area contributed by atoms with E-state index >= 15 is 0 Å². The van der Waals surface area contributed by atoms with Crippen molar-refractivity contribution in [3.05, 3.63) is 92.3 Å². The second-order valence-electron chi connectivity index (χ2n) is 5.69. The molecule has 1 amide bonds. The van der Waals surface area contributed by atoms with Crippen LogP contribution in [0.15, 0.2) is 64.3 Å². The van der Waals surface area contributed by atoms with Crippen molar-refractivity contribution in [2.75, 3.05) is 5.32 Å². The van der Waals surface area contributed by atoms with Crippen LogP contribution in [0.3, 0.4) is 0 Å². The van der Waals surface area contributed by atoms with Gasteiger partial charge in [-0.2, -0.15) is 0 Å². The Morgan fingerprint density at radius 3 is 2.44 bits per heavy atom. The minimum atomic E-state index is -0.669. The van der Waals surface area contributed by atoms with E-state index in [1.165, 1.54) is 0 Å². The zero-order valence-electron chi connectivity index (χ0n) is 13.9. The van der Waals surface area contributed by atoms with E-state index in [1.54, 1.807) is 36.4 Å². The number of hydrogen-bond donors (Lipinski definition) is 2. The van der Waals surface area contributed by atoms with Gasteiger partial charge in [0.1, 0.15) is 5.56 Å². The zero-order valence-corrected chi connectivity index (χ0v) is 13.9. The maximum atomic E-state index is 12.7. The smallest absolute Gasteiger partial charge is 0.322 e. The third-order valence-electron chi connectivity index (χ3n) is 4.09. The van der Waals surface area contributed by atoms with E-state index in [0.29, 0.717) is 11.4 Å². The lowest BCUT2D eigenvalue weighted by molar-refractivity contribution is 0.102. The summed E-state index contributed by atoms with van der Waals surface area (Å²) in [5.74, 6) is -0.570. The zero-order chi connectivity index (χ0) is 18.0. The van der Waals surface area contributed by atoms with E-state index in [4.69, 9.17) is 0 Å². The van der Waals surface area contributed by atoms with E-state index in [1.807, 2.05) is 26.0 Å². The summed E-state index contributed by atoms with van der Waals surface area (Å²) >= 11 is 0. The summed E-state index contributed by atoms with van der Waals surface area (Å²) in [4.78, 5) is 39.7. The molecule has 0 aliphatic rings. The van der Waals surface area contributed by atoms with Gasteiger partial charge in [-0.25, -0.2) is 9.36 Å². The first-order valence-electron chi connectivity index (χ1n) is 7.77. The van der Waals surface area contributed by atoms with Gasteiger partial charge in [-0.3, -0.25) is 9.59 Å². The highest BCUT2D eigenvalue weighted by atomic mass is 16.2. The van der Waals surface area contributed by atoms with Gasteiger partial charge in [-0.15, -0.1) is 0 Å². The third kappa shape index (κ3) is 3.14. The molecule has 2 N–H and O–H groups in total. The number of nitrogens with one attached hydrogen (secondary N) is 2. The SMILES string of the molecule is Cc1cccc(NC(=O)c2c[nH]c(=O)n(-c3ccccc3)c2=O)c1C. The number of nitrogens with zero attached hydrogens (tertiary/aromatic N) is 1. The van der Waals surface area contributed by atoms with E-state index in [9.17, 15) is 14.4 Å². The highest BCUT2D eigenvalue weighted by molar-refractivity contribution is 6.04. The number of aromatic nitrogens is 2. The second kappa shape index (κ2) is 6.60. The van der Waals surface area contributed by atoms with Crippen LogP contribution in [0.25, 0.3) is 5.69 Å². The molecule has 2 aromatic carbocycles. The highest BCUT2D eigenvalue weighted by Gasteiger charge is 2.16. The number of para-hydroxylation sites is 1. The van der Waals surface area contributed by atoms with Crippen molar-refractivity contribution < 1.29 is 4.79 Å². The van der Waals surface area contributed by atoms with Crippen LogP contribution >= 0.6 is 0 Å². The van der Waals surface area contributed by atoms with Gasteiger partial charge in [0, 0.05) is 11.9 Å². The van der Waals surface area contributed by atoms with E-state index in [2.05, 4.69) is 10.3 Å². The molecule has 1 aromatic heterocycles. The summed E-state index contributed by atoms with van der Waals surface area (Å²) in [5, 5.41) is 2.73. The van der Waals surface area contributed by atoms with Crippen molar-refractivity contribution >= 4 is 11.6 Å². The fourth-order valence-corrected chi connectivity index (χ4v) is 2.52. The monoisotopic (exact) mass is 335 g/mol. The molecule has 3 rings (SSSR count). The number of hydrogen-bond acceptors (Lipinski definition) is 3. The number of anilines is 1. The van der Waals surface area contributed by atoms with Crippen molar-refractivity contribution in [3.63, 3.8) is 0 Å². The molecule has 0 fully saturated rings. The Hall–Kier alpha value is -3.41. The molecular weight excluding hydrogens is 318 g/mol. The lowest BCUT2D eigenvalue weighted by Gasteiger charge is -2.11. The topological polar surface area (TPSA) is 84.0 Å². The first-order chi connectivity index (χ1) is 12.0. The Kier molecular flexibility index (Phi) is 4.35. The molecular formula is C19H17N3O3. The predicted molar refractivity (Wildman–Crippen MR) is 96.5 cm³/mol. The molecule has 0 unspecified atom stereocenters. The summed E-state index contributed by atoms with van der Waals surface area (Å²) in [7, 11) is 0. The Bertz CT molecular complexity index is 1050. The largest absolute Gasteiger partial charge is 0.333 e. The average Bonchev–Trinajstić information content (AvgIpc) is 2.60. The van der Waals surface area contributed by atoms with Gasteiger partial charge in [-0.1, -0.05) is 30.3 Å². The summed E-state index contributed by atoms with van der Waals surface area (Å²) < 4.78 is 0.942. The number of H-pyrrole nitrogens is 1. The van der Waals surface area contributed by atoms with Crippen LogP contribution in [0.4, 0.5) is 5.69 Å². The maximum Gasteiger partial charge on any atom is 0.333 e. The minimum Gasteiger partial charge on any atom is -0.322 e. The molecule has 3 aromatic rings. The molecule has 0 aliphatic carbocycles. The van der Waals surface area contributed by atoms with Crippen molar-refractivity contribution in [1.82, 2.24) is 9.55 Å². The van der Waals surface area contributed by atoms with Crippen molar-refractivity contribution in [3.8, 4) is 5.69 Å². The van der Waals surface area contributed by atoms with Crippen molar-refractivity contribution in [2.45, 2.75) is 13.8 Å². The van der Waals surface area contributed by atoms with Gasteiger partial charge in [0.05, 0.1) is 5.69 Å². The number of carbonyl (C=O) groups is 1. The Morgan fingerprint density at radius 1 is 1.00 bits per heavy atom. The third-order valence-corrected chi connectivity index (χ3v) is 4.09. The Morgan fingerprint density at radius 2 is 1.72 bits per heavy atom. The summed E-state index contributed by atoms with van der Waals surface area (Å²) in [6.07, 6.45) is 1.14. The quantitative estimate of drug-likeness (QED) is 0.771. The predicted octanol–water partition coefficient (Wildman–Crippen LogP) is 2.39. The number of carbonyl (C=O) groups excluding carboxylic acids is 1. The van der Waals surface area contributed by atoms with Gasteiger partial charge >= 0.3 is 5.69 Å². The van der Waals surface area contributed by atoms with Crippen molar-refractivity contribution in [2.24, 2.45) is 0 Å². The first-order valence-corrected chi connectivity index (χ1v) is 7.77. The lowest BCUT2D eigenvalue weighted by Crippen LogP contribution is -2.38. The van der Waals surface area contributed by atoms with Crippen molar-refractivity contribution in [1.29, 1.82) is 0 Å². The van der Waals surface area contributed by atoms with Gasteiger partial charge in [0.25, 0.3) is 11.5 Å². The minimum absolute atomic E-state index is 0.135. The molecule has 0 atom stereocenters. The van der Waals surface area contributed by atoms with Crippen LogP contribution in [0.2, 0.25) is 0 Å². The van der Waals surface area contributed by atoms with Crippen LogP contribution in [-0.2, 0) is 0 Å². The molecule has 6 nitrogen and oxygen atoms in total. The first kappa shape index (κ1) is 16.4. The molecule has 0 radical (unpaired) electrons. The van der Waals surface area contributed by atoms with E-state index < -0.39 is 17.2 Å². The molecule has 1 heterocycles. The lowest BCUT2D eigenvalue weighted by atomic mass is 10.1. The normalized spacial score (nSPS) is 10.5. The molecule has 6 heteroatoms. The van der Waals surface area contributed by atoms with Crippen LogP contribution in [0, 0.1) is 13.8 Å². The average molecular weight is 335 g/mol. The molecule has 0 aliphatic heterocycles. The molecule has 0 spiro atoms. The maximum absolute atomic E-state index is 12.7. The fraction of sp³-hybridized carbons (Fsp3) is 0.105. The van der Waals surface area contributed by atoms with E-state index in [-0.39, 0.29) is 5.56 Å². The van der Waals surface area contributed by atoms with Crippen LogP contribution in [0.1, 0.15) is 21.5 Å². The van der Waals surface area contributed by atoms with Crippen LogP contribution in [0.5, 0.6) is 0 Å². The fourth-order valence-electron chi connectivity index (χ4n) is 2.52.